The molecule has 1 saturated heterocycles. The van der Waals surface area contributed by atoms with Crippen molar-refractivity contribution in [2.45, 2.75) is 25.9 Å². The summed E-state index contributed by atoms with van der Waals surface area (Å²) in [5, 5.41) is 22.8. The number of hydrogen-bond acceptors (Lipinski definition) is 3. The molecule has 3 N–H and O–H groups in total. The quantitative estimate of drug-likeness (QED) is 0.675. The molecule has 0 radical (unpaired) electrons. The number of aromatic hydroxyl groups is 1. The number of rotatable bonds is 2. The average Bonchev–Trinajstić information content (AvgIpc) is 2.11. The van der Waals surface area contributed by atoms with Gasteiger partial charge in [0.15, 0.2) is 0 Å². The minimum absolute atomic E-state index is 0.290. The Labute approximate surface area is 89.8 Å². The van der Waals surface area contributed by atoms with Crippen LogP contribution in [-0.2, 0) is 6.42 Å². The van der Waals surface area contributed by atoms with Crippen LogP contribution >= 0.6 is 0 Å². The van der Waals surface area contributed by atoms with Crippen LogP contribution < -0.4 is 5.32 Å². The Kier molecular flexibility index (Phi) is 2.44. The number of phenols is 1. The summed E-state index contributed by atoms with van der Waals surface area (Å²) in [6, 6.07) is 3.72. The smallest absolute Gasteiger partial charge is 0.119 e. The molecule has 1 heterocycles. The van der Waals surface area contributed by atoms with E-state index in [1.54, 1.807) is 6.07 Å². The maximum atomic E-state index is 9.97. The van der Waals surface area contributed by atoms with Crippen molar-refractivity contribution in [3.63, 3.8) is 0 Å². The molecule has 1 aliphatic heterocycles. The molecule has 1 fully saturated rings. The van der Waals surface area contributed by atoms with Crippen LogP contribution in [0.1, 0.15) is 16.7 Å². The van der Waals surface area contributed by atoms with Crippen molar-refractivity contribution in [2.75, 3.05) is 13.1 Å². The number of phenolic OH excluding ortho intramolecular Hbond substituents is 1. The molecule has 2 rings (SSSR count). The van der Waals surface area contributed by atoms with Gasteiger partial charge in [-0.15, -0.1) is 0 Å². The van der Waals surface area contributed by atoms with E-state index in [9.17, 15) is 10.2 Å². The van der Waals surface area contributed by atoms with E-state index < -0.39 is 5.60 Å². The molecule has 0 aromatic heterocycles. The average molecular weight is 207 g/mol. The highest BCUT2D eigenvalue weighted by atomic mass is 16.3. The molecule has 0 atom stereocenters. The van der Waals surface area contributed by atoms with E-state index in [0.717, 1.165) is 16.7 Å². The Balaban J connectivity index is 2.24. The van der Waals surface area contributed by atoms with Crippen molar-refractivity contribution >= 4 is 0 Å². The summed E-state index contributed by atoms with van der Waals surface area (Å²) in [6.07, 6.45) is 0.521. The highest BCUT2D eigenvalue weighted by Gasteiger charge is 2.34. The third kappa shape index (κ3) is 1.98. The van der Waals surface area contributed by atoms with E-state index in [2.05, 4.69) is 5.32 Å². The molecule has 1 aromatic rings. The van der Waals surface area contributed by atoms with Crippen LogP contribution in [0.5, 0.6) is 5.75 Å². The van der Waals surface area contributed by atoms with Gasteiger partial charge in [0.05, 0.1) is 5.60 Å². The molecule has 1 aromatic carbocycles. The van der Waals surface area contributed by atoms with Crippen molar-refractivity contribution in [1.29, 1.82) is 0 Å². The van der Waals surface area contributed by atoms with Gasteiger partial charge in [-0.25, -0.2) is 0 Å². The van der Waals surface area contributed by atoms with Gasteiger partial charge in [0.1, 0.15) is 5.75 Å². The minimum atomic E-state index is -0.667. The molecular formula is C12H17NO2. The van der Waals surface area contributed by atoms with Crippen molar-refractivity contribution in [3.05, 3.63) is 28.8 Å². The SMILES string of the molecule is Cc1cc(O)c(CC2(O)CNC2)cc1C. The normalized spacial score (nSPS) is 18.6. The lowest BCUT2D eigenvalue weighted by Crippen LogP contribution is -2.60. The third-order valence-corrected chi connectivity index (χ3v) is 3.12. The highest BCUT2D eigenvalue weighted by molar-refractivity contribution is 5.41. The van der Waals surface area contributed by atoms with Crippen LogP contribution in [-0.4, -0.2) is 28.9 Å². The lowest BCUT2D eigenvalue weighted by Gasteiger charge is -2.37. The molecule has 3 nitrogen and oxygen atoms in total. The van der Waals surface area contributed by atoms with Gasteiger partial charge in [-0.3, -0.25) is 0 Å². The van der Waals surface area contributed by atoms with E-state index in [1.165, 1.54) is 0 Å². The Bertz CT molecular complexity index is 383. The maximum absolute atomic E-state index is 9.97. The molecule has 15 heavy (non-hydrogen) atoms. The number of aryl methyl sites for hydroxylation is 2. The van der Waals surface area contributed by atoms with Gasteiger partial charge < -0.3 is 15.5 Å². The van der Waals surface area contributed by atoms with E-state index in [1.807, 2.05) is 19.9 Å². The molecule has 1 aliphatic rings. The molecule has 3 heteroatoms. The molecule has 0 bridgehead atoms. The van der Waals surface area contributed by atoms with Crippen molar-refractivity contribution < 1.29 is 10.2 Å². The zero-order chi connectivity index (χ0) is 11.1. The van der Waals surface area contributed by atoms with Crippen LogP contribution in [0, 0.1) is 13.8 Å². The van der Waals surface area contributed by atoms with E-state index in [-0.39, 0.29) is 0 Å². The van der Waals surface area contributed by atoms with Crippen LogP contribution in [0.4, 0.5) is 0 Å². The van der Waals surface area contributed by atoms with Crippen LogP contribution in [0.15, 0.2) is 12.1 Å². The van der Waals surface area contributed by atoms with Crippen LogP contribution in [0.2, 0.25) is 0 Å². The van der Waals surface area contributed by atoms with Gasteiger partial charge in [0, 0.05) is 19.5 Å². The maximum Gasteiger partial charge on any atom is 0.119 e. The number of aliphatic hydroxyl groups is 1. The van der Waals surface area contributed by atoms with Gasteiger partial charge in [0.25, 0.3) is 0 Å². The molecule has 82 valence electrons. The van der Waals surface area contributed by atoms with Crippen LogP contribution in [0.3, 0.4) is 0 Å². The highest BCUT2D eigenvalue weighted by Crippen LogP contribution is 2.27. The molecular weight excluding hydrogens is 190 g/mol. The lowest BCUT2D eigenvalue weighted by molar-refractivity contribution is -0.00945. The summed E-state index contributed by atoms with van der Waals surface area (Å²) in [5.74, 6) is 0.290. The van der Waals surface area contributed by atoms with E-state index in [4.69, 9.17) is 0 Å². The summed E-state index contributed by atoms with van der Waals surface area (Å²) < 4.78 is 0. The summed E-state index contributed by atoms with van der Waals surface area (Å²) >= 11 is 0. The zero-order valence-corrected chi connectivity index (χ0v) is 9.17. The number of nitrogens with one attached hydrogen (secondary N) is 1. The summed E-state index contributed by atoms with van der Waals surface area (Å²) in [5.41, 5.74) is 2.40. The van der Waals surface area contributed by atoms with Crippen LogP contribution in [0.25, 0.3) is 0 Å². The van der Waals surface area contributed by atoms with Gasteiger partial charge >= 0.3 is 0 Å². The first-order valence-electron chi connectivity index (χ1n) is 5.22. The molecule has 0 amide bonds. The second kappa shape index (κ2) is 3.51. The summed E-state index contributed by atoms with van der Waals surface area (Å²) in [7, 11) is 0. The molecule has 0 spiro atoms. The Morgan fingerprint density at radius 2 is 1.87 bits per heavy atom. The Morgan fingerprint density at radius 3 is 2.40 bits per heavy atom. The predicted octanol–water partition coefficient (Wildman–Crippen LogP) is 0.886. The number of hydrogen-bond donors (Lipinski definition) is 3. The topological polar surface area (TPSA) is 52.5 Å². The third-order valence-electron chi connectivity index (χ3n) is 3.12. The first-order valence-corrected chi connectivity index (χ1v) is 5.22. The number of benzene rings is 1. The predicted molar refractivity (Wildman–Crippen MR) is 59.1 cm³/mol. The molecule has 0 saturated carbocycles. The monoisotopic (exact) mass is 207 g/mol. The fourth-order valence-corrected chi connectivity index (χ4v) is 1.90. The van der Waals surface area contributed by atoms with E-state index >= 15 is 0 Å². The van der Waals surface area contributed by atoms with Gasteiger partial charge in [0.2, 0.25) is 0 Å². The first-order chi connectivity index (χ1) is 7.00. The largest absolute Gasteiger partial charge is 0.508 e. The summed E-state index contributed by atoms with van der Waals surface area (Å²) in [4.78, 5) is 0. The zero-order valence-electron chi connectivity index (χ0n) is 9.17. The Hall–Kier alpha value is -1.06. The molecule has 0 unspecified atom stereocenters. The standard InChI is InChI=1S/C12H17NO2/c1-8-3-10(11(14)4-9(8)2)5-12(15)6-13-7-12/h3-4,13-15H,5-7H2,1-2H3. The van der Waals surface area contributed by atoms with Crippen molar-refractivity contribution in [1.82, 2.24) is 5.32 Å². The second-order valence-electron chi connectivity index (χ2n) is 4.57. The fraction of sp³-hybridized carbons (Fsp3) is 0.500. The Morgan fingerprint density at radius 1 is 1.27 bits per heavy atom. The van der Waals surface area contributed by atoms with Gasteiger partial charge in [-0.2, -0.15) is 0 Å². The number of β-amino-alcohol motifs (C(OH)–C–C–N with tert-alkyl or cyclic N) is 1. The summed E-state index contributed by atoms with van der Waals surface area (Å²) in [6.45, 7) is 5.21. The molecule has 0 aliphatic carbocycles. The lowest BCUT2D eigenvalue weighted by atomic mass is 9.88. The van der Waals surface area contributed by atoms with Crippen molar-refractivity contribution in [2.24, 2.45) is 0 Å². The van der Waals surface area contributed by atoms with Gasteiger partial charge in [-0.1, -0.05) is 6.07 Å². The van der Waals surface area contributed by atoms with Crippen molar-refractivity contribution in [3.8, 4) is 5.75 Å². The van der Waals surface area contributed by atoms with Gasteiger partial charge in [-0.05, 0) is 36.6 Å². The minimum Gasteiger partial charge on any atom is -0.508 e. The fourth-order valence-electron chi connectivity index (χ4n) is 1.90. The first kappa shape index (κ1) is 10.5. The van der Waals surface area contributed by atoms with E-state index in [0.29, 0.717) is 25.3 Å². The second-order valence-corrected chi connectivity index (χ2v) is 4.57.